The van der Waals surface area contributed by atoms with E-state index in [2.05, 4.69) is 25.3 Å². The van der Waals surface area contributed by atoms with Crippen molar-refractivity contribution in [1.82, 2.24) is 20.0 Å². The second-order valence-electron chi connectivity index (χ2n) is 4.96. The fourth-order valence-electron chi connectivity index (χ4n) is 2.07. The van der Waals surface area contributed by atoms with E-state index in [0.717, 1.165) is 17.3 Å². The van der Waals surface area contributed by atoms with E-state index in [4.69, 9.17) is 0 Å². The van der Waals surface area contributed by atoms with Crippen LogP contribution in [0.2, 0.25) is 0 Å². The number of rotatable bonds is 5. The standard InChI is InChI=1S/C14H15N5O2S2/c20-11-6-10(7-15-11)16-12(21)17-13-18-14(19-23-13)22-8-9-4-2-1-3-5-9/h1-5,10H,6-8H2,(H,15,20)(H2,16,17,18,19,21)/t10-/m1/s1. The van der Waals surface area contributed by atoms with Gasteiger partial charge in [-0.3, -0.25) is 10.1 Å². The first-order valence-electron chi connectivity index (χ1n) is 7.04. The van der Waals surface area contributed by atoms with Gasteiger partial charge in [-0.15, -0.1) is 0 Å². The largest absolute Gasteiger partial charge is 0.354 e. The molecular weight excluding hydrogens is 334 g/mol. The minimum Gasteiger partial charge on any atom is -0.354 e. The highest BCUT2D eigenvalue weighted by atomic mass is 32.2. The molecule has 1 atom stereocenters. The number of aromatic nitrogens is 2. The molecule has 9 heteroatoms. The van der Waals surface area contributed by atoms with E-state index >= 15 is 0 Å². The second kappa shape index (κ2) is 7.42. The Labute approximate surface area is 141 Å². The zero-order chi connectivity index (χ0) is 16.1. The third kappa shape index (κ3) is 4.67. The van der Waals surface area contributed by atoms with Crippen molar-refractivity contribution >= 4 is 40.4 Å². The van der Waals surface area contributed by atoms with Crippen LogP contribution in [-0.4, -0.2) is 33.9 Å². The van der Waals surface area contributed by atoms with Gasteiger partial charge >= 0.3 is 6.03 Å². The Kier molecular flexibility index (Phi) is 5.09. The molecule has 1 aliphatic heterocycles. The first kappa shape index (κ1) is 15.8. The molecule has 0 radical (unpaired) electrons. The Hall–Kier alpha value is -2.13. The lowest BCUT2D eigenvalue weighted by molar-refractivity contribution is -0.119. The highest BCUT2D eigenvalue weighted by Crippen LogP contribution is 2.23. The van der Waals surface area contributed by atoms with Crippen molar-refractivity contribution in [3.05, 3.63) is 35.9 Å². The Morgan fingerprint density at radius 3 is 2.96 bits per heavy atom. The number of hydrogen-bond acceptors (Lipinski definition) is 6. The van der Waals surface area contributed by atoms with E-state index in [1.54, 1.807) is 0 Å². The number of hydrogen-bond donors (Lipinski definition) is 3. The lowest BCUT2D eigenvalue weighted by Gasteiger charge is -2.09. The van der Waals surface area contributed by atoms with E-state index in [9.17, 15) is 9.59 Å². The summed E-state index contributed by atoms with van der Waals surface area (Å²) in [7, 11) is 0. The van der Waals surface area contributed by atoms with Crippen LogP contribution in [0.15, 0.2) is 35.5 Å². The smallest absolute Gasteiger partial charge is 0.321 e. The lowest BCUT2D eigenvalue weighted by Crippen LogP contribution is -2.39. The van der Waals surface area contributed by atoms with Crippen molar-refractivity contribution in [3.8, 4) is 0 Å². The van der Waals surface area contributed by atoms with Gasteiger partial charge in [0, 0.05) is 30.3 Å². The van der Waals surface area contributed by atoms with E-state index in [1.807, 2.05) is 30.3 Å². The lowest BCUT2D eigenvalue weighted by atomic mass is 10.2. The van der Waals surface area contributed by atoms with Gasteiger partial charge in [-0.2, -0.15) is 9.36 Å². The molecule has 0 unspecified atom stereocenters. The monoisotopic (exact) mass is 349 g/mol. The summed E-state index contributed by atoms with van der Waals surface area (Å²) >= 11 is 2.65. The Morgan fingerprint density at radius 1 is 1.39 bits per heavy atom. The SMILES string of the molecule is O=C1C[C@@H](NC(=O)Nc2nc(SCc3ccccc3)ns2)CN1. The van der Waals surface area contributed by atoms with Crippen LogP contribution in [0.5, 0.6) is 0 Å². The quantitative estimate of drug-likeness (QED) is 0.716. The van der Waals surface area contributed by atoms with Gasteiger partial charge < -0.3 is 10.6 Å². The second-order valence-corrected chi connectivity index (χ2v) is 6.65. The molecule has 2 aromatic rings. The maximum atomic E-state index is 11.8. The molecule has 0 bridgehead atoms. The van der Waals surface area contributed by atoms with Gasteiger partial charge in [-0.05, 0) is 5.56 Å². The summed E-state index contributed by atoms with van der Waals surface area (Å²) in [6.45, 7) is 0.459. The van der Waals surface area contributed by atoms with E-state index in [0.29, 0.717) is 23.3 Å². The van der Waals surface area contributed by atoms with Crippen LogP contribution < -0.4 is 16.0 Å². The number of nitrogens with zero attached hydrogens (tertiary/aromatic N) is 2. The number of thioether (sulfide) groups is 1. The molecule has 0 saturated carbocycles. The summed E-state index contributed by atoms with van der Waals surface area (Å²) in [5, 5.41) is 9.10. The van der Waals surface area contributed by atoms with E-state index in [1.165, 1.54) is 17.3 Å². The zero-order valence-electron chi connectivity index (χ0n) is 12.1. The number of nitrogens with one attached hydrogen (secondary N) is 3. The molecule has 0 spiro atoms. The predicted octanol–water partition coefficient (Wildman–Crippen LogP) is 1.84. The molecule has 1 saturated heterocycles. The minimum atomic E-state index is -0.373. The van der Waals surface area contributed by atoms with Crippen LogP contribution in [0, 0.1) is 0 Å². The fraction of sp³-hybridized carbons (Fsp3) is 0.286. The van der Waals surface area contributed by atoms with Crippen molar-refractivity contribution in [2.24, 2.45) is 0 Å². The normalized spacial score (nSPS) is 16.9. The number of carbonyl (C=O) groups is 2. The molecule has 23 heavy (non-hydrogen) atoms. The maximum Gasteiger partial charge on any atom is 0.321 e. The zero-order valence-corrected chi connectivity index (χ0v) is 13.7. The van der Waals surface area contributed by atoms with Crippen LogP contribution in [0.3, 0.4) is 0 Å². The average Bonchev–Trinajstić information content (AvgIpc) is 3.15. The molecule has 0 aliphatic carbocycles. The molecule has 120 valence electrons. The number of urea groups is 1. The van der Waals surface area contributed by atoms with Crippen LogP contribution in [0.1, 0.15) is 12.0 Å². The first-order chi connectivity index (χ1) is 11.2. The highest BCUT2D eigenvalue weighted by Gasteiger charge is 2.23. The van der Waals surface area contributed by atoms with Crippen LogP contribution in [0.4, 0.5) is 9.93 Å². The van der Waals surface area contributed by atoms with Gasteiger partial charge in [0.25, 0.3) is 0 Å². The predicted molar refractivity (Wildman–Crippen MR) is 89.5 cm³/mol. The molecule has 1 aliphatic rings. The number of amides is 3. The maximum absolute atomic E-state index is 11.8. The molecule has 2 heterocycles. The van der Waals surface area contributed by atoms with Gasteiger partial charge in [-0.25, -0.2) is 4.79 Å². The molecule has 3 rings (SSSR count). The Bertz CT molecular complexity index is 691. The number of carbonyl (C=O) groups excluding carboxylic acids is 2. The van der Waals surface area contributed by atoms with Crippen molar-refractivity contribution < 1.29 is 9.59 Å². The van der Waals surface area contributed by atoms with Gasteiger partial charge in [0.15, 0.2) is 0 Å². The summed E-state index contributed by atoms with van der Waals surface area (Å²) in [5.74, 6) is 0.727. The topological polar surface area (TPSA) is 96.0 Å². The van der Waals surface area contributed by atoms with E-state index in [-0.39, 0.29) is 18.0 Å². The third-order valence-corrected chi connectivity index (χ3v) is 4.82. The van der Waals surface area contributed by atoms with Crippen LogP contribution in [0.25, 0.3) is 0 Å². The summed E-state index contributed by atoms with van der Waals surface area (Å²) in [5.41, 5.74) is 1.19. The van der Waals surface area contributed by atoms with Crippen molar-refractivity contribution in [2.45, 2.75) is 23.4 Å². The van der Waals surface area contributed by atoms with Crippen LogP contribution >= 0.6 is 23.3 Å². The van der Waals surface area contributed by atoms with Gasteiger partial charge in [-0.1, -0.05) is 42.1 Å². The minimum absolute atomic E-state index is 0.0502. The fourth-order valence-corrected chi connectivity index (χ4v) is 3.56. The van der Waals surface area contributed by atoms with E-state index < -0.39 is 0 Å². The molecule has 1 fully saturated rings. The molecule has 3 amide bonds. The summed E-state index contributed by atoms with van der Waals surface area (Å²) < 4.78 is 4.21. The molecular formula is C14H15N5O2S2. The number of anilines is 1. The highest BCUT2D eigenvalue weighted by molar-refractivity contribution is 7.98. The van der Waals surface area contributed by atoms with Gasteiger partial charge in [0.05, 0.1) is 6.04 Å². The summed E-state index contributed by atoms with van der Waals surface area (Å²) in [6, 6.07) is 9.49. The molecule has 1 aromatic carbocycles. The molecule has 3 N–H and O–H groups in total. The summed E-state index contributed by atoms with van der Waals surface area (Å²) in [6.07, 6.45) is 0.307. The molecule has 7 nitrogen and oxygen atoms in total. The Balaban J connectivity index is 1.47. The Morgan fingerprint density at radius 2 is 2.22 bits per heavy atom. The van der Waals surface area contributed by atoms with Crippen molar-refractivity contribution in [3.63, 3.8) is 0 Å². The van der Waals surface area contributed by atoms with Crippen LogP contribution in [-0.2, 0) is 10.5 Å². The third-order valence-electron chi connectivity index (χ3n) is 3.15. The van der Waals surface area contributed by atoms with Crippen molar-refractivity contribution in [1.29, 1.82) is 0 Å². The summed E-state index contributed by atoms with van der Waals surface area (Å²) in [4.78, 5) is 27.2. The molecule has 1 aromatic heterocycles. The number of benzene rings is 1. The van der Waals surface area contributed by atoms with Gasteiger partial charge in [0.2, 0.25) is 16.2 Å². The average molecular weight is 349 g/mol. The first-order valence-corrected chi connectivity index (χ1v) is 8.79. The van der Waals surface area contributed by atoms with Gasteiger partial charge in [0.1, 0.15) is 0 Å². The van der Waals surface area contributed by atoms with Crippen molar-refractivity contribution in [2.75, 3.05) is 11.9 Å².